The molecule has 0 spiro atoms. The maximum atomic E-state index is 13.8. The Bertz CT molecular complexity index is 584. The normalized spacial score (nSPS) is 10.6. The van der Waals surface area contributed by atoms with E-state index in [1.54, 1.807) is 12.1 Å². The van der Waals surface area contributed by atoms with Crippen LogP contribution in [0.25, 0.3) is 0 Å². The fraction of sp³-hybridized carbons (Fsp3) is 0.200. The third-order valence-electron chi connectivity index (χ3n) is 2.86. The molecule has 0 atom stereocenters. The Morgan fingerprint density at radius 3 is 2.55 bits per heavy atom. The van der Waals surface area contributed by atoms with E-state index >= 15 is 0 Å². The van der Waals surface area contributed by atoms with E-state index < -0.39 is 11.6 Å². The van der Waals surface area contributed by atoms with E-state index in [0.717, 1.165) is 5.56 Å². The second-order valence-corrected chi connectivity index (χ2v) is 4.70. The first-order valence-electron chi connectivity index (χ1n) is 6.16. The second kappa shape index (κ2) is 6.68. The summed E-state index contributed by atoms with van der Waals surface area (Å²) in [4.78, 5) is 0. The third kappa shape index (κ3) is 3.46. The van der Waals surface area contributed by atoms with Crippen LogP contribution in [0.15, 0.2) is 36.4 Å². The summed E-state index contributed by atoms with van der Waals surface area (Å²) >= 11 is 5.87. The first kappa shape index (κ1) is 14.8. The Morgan fingerprint density at radius 1 is 1.10 bits per heavy atom. The van der Waals surface area contributed by atoms with E-state index in [1.807, 2.05) is 0 Å². The molecule has 0 aromatic heterocycles. The Balaban J connectivity index is 2.11. The van der Waals surface area contributed by atoms with Gasteiger partial charge >= 0.3 is 0 Å². The summed E-state index contributed by atoms with van der Waals surface area (Å²) in [6.45, 7) is 0.323. The molecule has 2 nitrogen and oxygen atoms in total. The van der Waals surface area contributed by atoms with Gasteiger partial charge in [-0.25, -0.2) is 8.78 Å². The van der Waals surface area contributed by atoms with E-state index in [1.165, 1.54) is 24.3 Å². The molecule has 0 radical (unpaired) electrons. The average molecular weight is 298 g/mol. The van der Waals surface area contributed by atoms with Crippen molar-refractivity contribution in [1.29, 1.82) is 0 Å². The molecule has 0 fully saturated rings. The molecule has 2 aromatic carbocycles. The summed E-state index contributed by atoms with van der Waals surface area (Å²) in [6, 6.07) is 8.95. The van der Waals surface area contributed by atoms with Gasteiger partial charge in [0, 0.05) is 5.56 Å². The van der Waals surface area contributed by atoms with Crippen molar-refractivity contribution < 1.29 is 13.5 Å². The van der Waals surface area contributed by atoms with Crippen LogP contribution in [0.1, 0.15) is 11.1 Å². The van der Waals surface area contributed by atoms with Crippen molar-refractivity contribution >= 4 is 11.6 Å². The minimum Gasteiger partial charge on any atom is -0.486 e. The molecule has 0 saturated carbocycles. The molecule has 0 saturated heterocycles. The van der Waals surface area contributed by atoms with Gasteiger partial charge in [0.05, 0.1) is 5.02 Å². The molecule has 0 aliphatic heterocycles. The molecular weight excluding hydrogens is 284 g/mol. The van der Waals surface area contributed by atoms with Gasteiger partial charge in [0.2, 0.25) is 0 Å². The highest BCUT2D eigenvalue weighted by atomic mass is 35.5. The van der Waals surface area contributed by atoms with Crippen molar-refractivity contribution in [2.24, 2.45) is 5.73 Å². The molecule has 0 unspecified atom stereocenters. The standard InChI is InChI=1S/C15H14ClF2NO/c16-12-2-1-3-13(17)11(12)9-20-15-5-4-10(6-7-19)8-14(15)18/h1-5,8H,6-7,9,19H2. The van der Waals surface area contributed by atoms with Crippen LogP contribution < -0.4 is 10.5 Å². The van der Waals surface area contributed by atoms with Crippen LogP contribution in [0.4, 0.5) is 8.78 Å². The largest absolute Gasteiger partial charge is 0.486 e. The highest BCUT2D eigenvalue weighted by Crippen LogP contribution is 2.23. The Kier molecular flexibility index (Phi) is 4.93. The van der Waals surface area contributed by atoms with Gasteiger partial charge in [0.25, 0.3) is 0 Å². The molecule has 2 aromatic rings. The van der Waals surface area contributed by atoms with Crippen molar-refractivity contribution in [3.05, 3.63) is 64.2 Å². The highest BCUT2D eigenvalue weighted by molar-refractivity contribution is 6.31. The van der Waals surface area contributed by atoms with E-state index in [0.29, 0.717) is 13.0 Å². The quantitative estimate of drug-likeness (QED) is 0.913. The van der Waals surface area contributed by atoms with Crippen LogP contribution >= 0.6 is 11.6 Å². The molecule has 0 aliphatic rings. The summed E-state index contributed by atoms with van der Waals surface area (Å²) in [5.41, 5.74) is 6.41. The number of benzene rings is 2. The summed E-state index contributed by atoms with van der Waals surface area (Å²) < 4.78 is 32.6. The van der Waals surface area contributed by atoms with Crippen molar-refractivity contribution in [1.82, 2.24) is 0 Å². The number of rotatable bonds is 5. The lowest BCUT2D eigenvalue weighted by molar-refractivity contribution is 0.284. The SMILES string of the molecule is NCCc1ccc(OCc2c(F)cccc2Cl)c(F)c1. The molecule has 2 N–H and O–H groups in total. The van der Waals surface area contributed by atoms with Gasteiger partial charge in [0.1, 0.15) is 12.4 Å². The Labute approximate surface area is 121 Å². The summed E-state index contributed by atoms with van der Waals surface area (Å²) in [7, 11) is 0. The molecule has 0 amide bonds. The Hall–Kier alpha value is -1.65. The van der Waals surface area contributed by atoms with Crippen LogP contribution in [0.5, 0.6) is 5.75 Å². The van der Waals surface area contributed by atoms with Gasteiger partial charge in [-0.3, -0.25) is 0 Å². The maximum absolute atomic E-state index is 13.8. The predicted molar refractivity (Wildman–Crippen MR) is 74.9 cm³/mol. The zero-order valence-corrected chi connectivity index (χ0v) is 11.5. The van der Waals surface area contributed by atoms with Gasteiger partial charge < -0.3 is 10.5 Å². The summed E-state index contributed by atoms with van der Waals surface area (Å²) in [6.07, 6.45) is 0.594. The van der Waals surface area contributed by atoms with Crippen molar-refractivity contribution in [2.75, 3.05) is 6.54 Å². The monoisotopic (exact) mass is 297 g/mol. The molecule has 5 heteroatoms. The molecule has 20 heavy (non-hydrogen) atoms. The minimum absolute atomic E-state index is 0.0603. The van der Waals surface area contributed by atoms with Crippen LogP contribution in [-0.2, 0) is 13.0 Å². The van der Waals surface area contributed by atoms with Gasteiger partial charge in [-0.05, 0) is 42.8 Å². The molecule has 0 aliphatic carbocycles. The van der Waals surface area contributed by atoms with E-state index in [-0.39, 0.29) is 22.9 Å². The van der Waals surface area contributed by atoms with E-state index in [4.69, 9.17) is 22.1 Å². The lowest BCUT2D eigenvalue weighted by Gasteiger charge is -2.10. The first-order chi connectivity index (χ1) is 9.61. The number of nitrogens with two attached hydrogens (primary N) is 1. The third-order valence-corrected chi connectivity index (χ3v) is 3.22. The van der Waals surface area contributed by atoms with Gasteiger partial charge in [0.15, 0.2) is 11.6 Å². The van der Waals surface area contributed by atoms with Crippen LogP contribution in [0.3, 0.4) is 0 Å². The minimum atomic E-state index is -0.497. The lowest BCUT2D eigenvalue weighted by atomic mass is 10.1. The van der Waals surface area contributed by atoms with Gasteiger partial charge in [-0.2, -0.15) is 0 Å². The Morgan fingerprint density at radius 2 is 1.90 bits per heavy atom. The van der Waals surface area contributed by atoms with Crippen molar-refractivity contribution in [3.8, 4) is 5.75 Å². The number of halogens is 3. The zero-order chi connectivity index (χ0) is 14.5. The average Bonchev–Trinajstić information content (AvgIpc) is 2.40. The zero-order valence-electron chi connectivity index (χ0n) is 10.7. The topological polar surface area (TPSA) is 35.2 Å². The summed E-state index contributed by atoms with van der Waals surface area (Å²) in [5.74, 6) is -0.911. The number of hydrogen-bond acceptors (Lipinski definition) is 2. The summed E-state index contributed by atoms with van der Waals surface area (Å²) in [5, 5.41) is 0.255. The van der Waals surface area contributed by atoms with Crippen LogP contribution in [0.2, 0.25) is 5.02 Å². The first-order valence-corrected chi connectivity index (χ1v) is 6.54. The van der Waals surface area contributed by atoms with Crippen molar-refractivity contribution in [3.63, 3.8) is 0 Å². The predicted octanol–water partition coefficient (Wildman–Crippen LogP) is 3.70. The van der Waals surface area contributed by atoms with E-state index in [2.05, 4.69) is 0 Å². The molecule has 2 rings (SSSR count). The van der Waals surface area contributed by atoms with Crippen LogP contribution in [-0.4, -0.2) is 6.54 Å². The van der Waals surface area contributed by atoms with Crippen LogP contribution in [0, 0.1) is 11.6 Å². The molecule has 106 valence electrons. The number of ether oxygens (including phenoxy) is 1. The van der Waals surface area contributed by atoms with E-state index in [9.17, 15) is 8.78 Å². The maximum Gasteiger partial charge on any atom is 0.165 e. The van der Waals surface area contributed by atoms with Gasteiger partial charge in [-0.15, -0.1) is 0 Å². The van der Waals surface area contributed by atoms with Gasteiger partial charge in [-0.1, -0.05) is 23.7 Å². The molecule has 0 heterocycles. The fourth-order valence-electron chi connectivity index (χ4n) is 1.80. The molecule has 0 bridgehead atoms. The molecular formula is C15H14ClF2NO. The number of hydrogen-bond donors (Lipinski definition) is 1. The second-order valence-electron chi connectivity index (χ2n) is 4.29. The fourth-order valence-corrected chi connectivity index (χ4v) is 2.02. The van der Waals surface area contributed by atoms with Crippen molar-refractivity contribution in [2.45, 2.75) is 13.0 Å². The smallest absolute Gasteiger partial charge is 0.165 e. The lowest BCUT2D eigenvalue weighted by Crippen LogP contribution is -2.04. The highest BCUT2D eigenvalue weighted by Gasteiger charge is 2.10.